The standard InChI is InChI=1S/C19H16ClFN4O/c20-12-7-8-16(14(21)10-12)24-19(26)17-6-3-9-25(17)18-13-4-1-2-5-15(13)22-11-23-18/h1-2,4-5,7-8,10-11,17H,3,6,9H2,(H,24,26)/t17-/m1/s1. The second-order valence-electron chi connectivity index (χ2n) is 6.18. The SMILES string of the molecule is O=C(Nc1ccc(Cl)cc1F)[C@H]1CCCN1c1ncnc2ccccc12. The molecule has 26 heavy (non-hydrogen) atoms. The number of hydrogen-bond acceptors (Lipinski definition) is 4. The van der Waals surface area contributed by atoms with Crippen LogP contribution in [0.15, 0.2) is 48.8 Å². The topological polar surface area (TPSA) is 58.1 Å². The van der Waals surface area contributed by atoms with Crippen molar-refractivity contribution in [1.82, 2.24) is 9.97 Å². The molecule has 0 bridgehead atoms. The largest absolute Gasteiger partial charge is 0.344 e. The van der Waals surface area contributed by atoms with Gasteiger partial charge >= 0.3 is 0 Å². The van der Waals surface area contributed by atoms with Crippen molar-refractivity contribution in [3.8, 4) is 0 Å². The van der Waals surface area contributed by atoms with Gasteiger partial charge in [0.1, 0.15) is 24.0 Å². The molecule has 5 nitrogen and oxygen atoms in total. The number of nitrogens with one attached hydrogen (secondary N) is 1. The molecule has 0 saturated carbocycles. The Morgan fingerprint density at radius 1 is 1.23 bits per heavy atom. The molecule has 132 valence electrons. The Morgan fingerprint density at radius 2 is 2.08 bits per heavy atom. The lowest BCUT2D eigenvalue weighted by molar-refractivity contribution is -0.117. The van der Waals surface area contributed by atoms with Crippen LogP contribution in [0, 0.1) is 5.82 Å². The zero-order valence-electron chi connectivity index (χ0n) is 13.8. The van der Waals surface area contributed by atoms with E-state index in [4.69, 9.17) is 11.6 Å². The third-order valence-electron chi connectivity index (χ3n) is 4.54. The third kappa shape index (κ3) is 3.08. The zero-order chi connectivity index (χ0) is 18.1. The van der Waals surface area contributed by atoms with E-state index in [0.717, 1.165) is 23.1 Å². The van der Waals surface area contributed by atoms with Crippen LogP contribution in [-0.2, 0) is 4.79 Å². The maximum Gasteiger partial charge on any atom is 0.247 e. The Labute approximate surface area is 154 Å². The molecule has 1 aromatic heterocycles. The average molecular weight is 371 g/mol. The molecule has 1 aliphatic rings. The summed E-state index contributed by atoms with van der Waals surface area (Å²) in [5.41, 5.74) is 0.950. The fourth-order valence-corrected chi connectivity index (χ4v) is 3.48. The molecule has 1 fully saturated rings. The molecule has 0 unspecified atom stereocenters. The number of rotatable bonds is 3. The van der Waals surface area contributed by atoms with Gasteiger partial charge in [0, 0.05) is 17.0 Å². The smallest absolute Gasteiger partial charge is 0.247 e. The molecule has 4 rings (SSSR count). The van der Waals surface area contributed by atoms with Crippen molar-refractivity contribution in [2.24, 2.45) is 0 Å². The summed E-state index contributed by atoms with van der Waals surface area (Å²) in [6, 6.07) is 11.5. The van der Waals surface area contributed by atoms with Crippen molar-refractivity contribution in [2.75, 3.05) is 16.8 Å². The molecular formula is C19H16ClFN4O. The number of fused-ring (bicyclic) bond motifs is 1. The maximum atomic E-state index is 14.0. The van der Waals surface area contributed by atoms with E-state index in [2.05, 4.69) is 15.3 Å². The summed E-state index contributed by atoms with van der Waals surface area (Å²) in [7, 11) is 0. The molecule has 2 heterocycles. The summed E-state index contributed by atoms with van der Waals surface area (Å²) in [6.07, 6.45) is 3.04. The molecule has 1 aliphatic heterocycles. The number of carbonyl (C=O) groups excluding carboxylic acids is 1. The Kier molecular flexibility index (Phi) is 4.42. The van der Waals surface area contributed by atoms with Crippen LogP contribution >= 0.6 is 11.6 Å². The van der Waals surface area contributed by atoms with Gasteiger partial charge in [0.15, 0.2) is 0 Å². The molecular weight excluding hydrogens is 355 g/mol. The number of benzene rings is 2. The summed E-state index contributed by atoms with van der Waals surface area (Å²) in [4.78, 5) is 23.4. The minimum absolute atomic E-state index is 0.124. The monoisotopic (exact) mass is 370 g/mol. The van der Waals surface area contributed by atoms with Gasteiger partial charge in [0.25, 0.3) is 0 Å². The Hall–Kier alpha value is -2.73. The molecule has 0 radical (unpaired) electrons. The fraction of sp³-hybridized carbons (Fsp3) is 0.211. The highest BCUT2D eigenvalue weighted by atomic mass is 35.5. The molecule has 1 saturated heterocycles. The average Bonchev–Trinajstić information content (AvgIpc) is 3.13. The first kappa shape index (κ1) is 16.7. The van der Waals surface area contributed by atoms with Crippen LogP contribution < -0.4 is 10.2 Å². The summed E-state index contributed by atoms with van der Waals surface area (Å²) in [5.74, 6) is -0.0841. The molecule has 2 aromatic carbocycles. The Balaban J connectivity index is 1.62. The second-order valence-corrected chi connectivity index (χ2v) is 6.62. The van der Waals surface area contributed by atoms with Gasteiger partial charge in [-0.2, -0.15) is 0 Å². The van der Waals surface area contributed by atoms with Gasteiger partial charge in [-0.25, -0.2) is 14.4 Å². The Bertz CT molecular complexity index is 975. The van der Waals surface area contributed by atoms with Crippen LogP contribution in [-0.4, -0.2) is 28.5 Å². The number of hydrogen-bond donors (Lipinski definition) is 1. The minimum Gasteiger partial charge on any atom is -0.344 e. The third-order valence-corrected chi connectivity index (χ3v) is 4.77. The van der Waals surface area contributed by atoms with E-state index in [9.17, 15) is 9.18 Å². The highest BCUT2D eigenvalue weighted by molar-refractivity contribution is 6.30. The molecule has 0 aliphatic carbocycles. The van der Waals surface area contributed by atoms with E-state index < -0.39 is 11.9 Å². The van der Waals surface area contributed by atoms with Crippen molar-refractivity contribution in [2.45, 2.75) is 18.9 Å². The maximum absolute atomic E-state index is 14.0. The fourth-order valence-electron chi connectivity index (χ4n) is 3.32. The minimum atomic E-state index is -0.553. The molecule has 1 atom stereocenters. The predicted octanol–water partition coefficient (Wildman–Crippen LogP) is 4.03. The van der Waals surface area contributed by atoms with E-state index in [1.807, 2.05) is 29.2 Å². The number of amides is 1. The van der Waals surface area contributed by atoms with E-state index in [-0.39, 0.29) is 16.6 Å². The summed E-state index contributed by atoms with van der Waals surface area (Å²) >= 11 is 5.76. The highest BCUT2D eigenvalue weighted by Gasteiger charge is 2.33. The second kappa shape index (κ2) is 6.88. The normalized spacial score (nSPS) is 16.8. The number of halogens is 2. The van der Waals surface area contributed by atoms with E-state index in [0.29, 0.717) is 13.0 Å². The number of carbonyl (C=O) groups is 1. The lowest BCUT2D eigenvalue weighted by Gasteiger charge is -2.25. The number of aromatic nitrogens is 2. The van der Waals surface area contributed by atoms with E-state index in [1.165, 1.54) is 18.5 Å². The number of para-hydroxylation sites is 1. The van der Waals surface area contributed by atoms with Gasteiger partial charge in [0.05, 0.1) is 11.2 Å². The molecule has 1 N–H and O–H groups in total. The zero-order valence-corrected chi connectivity index (χ0v) is 14.6. The molecule has 7 heteroatoms. The molecule has 1 amide bonds. The summed E-state index contributed by atoms with van der Waals surface area (Å²) in [6.45, 7) is 0.711. The van der Waals surface area contributed by atoms with Crippen molar-refractivity contribution in [3.63, 3.8) is 0 Å². The first-order chi connectivity index (χ1) is 12.6. The van der Waals surface area contributed by atoms with Gasteiger partial charge in [0.2, 0.25) is 5.91 Å². The molecule has 3 aromatic rings. The first-order valence-electron chi connectivity index (χ1n) is 8.36. The van der Waals surface area contributed by atoms with E-state index in [1.54, 1.807) is 6.07 Å². The van der Waals surface area contributed by atoms with Crippen molar-refractivity contribution < 1.29 is 9.18 Å². The van der Waals surface area contributed by atoms with Crippen LogP contribution in [0.25, 0.3) is 10.9 Å². The van der Waals surface area contributed by atoms with Crippen molar-refractivity contribution in [1.29, 1.82) is 0 Å². The van der Waals surface area contributed by atoms with Crippen LogP contribution in [0.1, 0.15) is 12.8 Å². The quantitative estimate of drug-likeness (QED) is 0.756. The van der Waals surface area contributed by atoms with Crippen molar-refractivity contribution in [3.05, 3.63) is 59.6 Å². The van der Waals surface area contributed by atoms with Gasteiger partial charge in [-0.1, -0.05) is 23.7 Å². The van der Waals surface area contributed by atoms with Gasteiger partial charge in [-0.15, -0.1) is 0 Å². The highest BCUT2D eigenvalue weighted by Crippen LogP contribution is 2.30. The number of nitrogens with zero attached hydrogens (tertiary/aromatic N) is 3. The first-order valence-corrected chi connectivity index (χ1v) is 8.73. The van der Waals surface area contributed by atoms with E-state index >= 15 is 0 Å². The van der Waals surface area contributed by atoms with Crippen LogP contribution in [0.3, 0.4) is 0 Å². The van der Waals surface area contributed by atoms with Gasteiger partial charge < -0.3 is 10.2 Å². The van der Waals surface area contributed by atoms with Gasteiger partial charge in [-0.3, -0.25) is 4.79 Å². The van der Waals surface area contributed by atoms with Crippen LogP contribution in [0.2, 0.25) is 5.02 Å². The van der Waals surface area contributed by atoms with Crippen molar-refractivity contribution >= 4 is 39.9 Å². The molecule has 0 spiro atoms. The van der Waals surface area contributed by atoms with Crippen LogP contribution in [0.5, 0.6) is 0 Å². The summed E-state index contributed by atoms with van der Waals surface area (Å²) in [5, 5.41) is 3.85. The lowest BCUT2D eigenvalue weighted by atomic mass is 10.1. The predicted molar refractivity (Wildman–Crippen MR) is 99.9 cm³/mol. The van der Waals surface area contributed by atoms with Gasteiger partial charge in [-0.05, 0) is 43.2 Å². The Morgan fingerprint density at radius 3 is 2.92 bits per heavy atom. The van der Waals surface area contributed by atoms with Crippen LogP contribution in [0.4, 0.5) is 15.9 Å². The number of anilines is 2. The summed E-state index contributed by atoms with van der Waals surface area (Å²) < 4.78 is 14.0. The lowest BCUT2D eigenvalue weighted by Crippen LogP contribution is -2.40.